The van der Waals surface area contributed by atoms with E-state index in [4.69, 9.17) is 5.73 Å². The topological polar surface area (TPSA) is 75.0 Å². The van der Waals surface area contributed by atoms with Crippen molar-refractivity contribution in [2.24, 2.45) is 0 Å². The van der Waals surface area contributed by atoms with Gasteiger partial charge in [0.1, 0.15) is 0 Å². The zero-order chi connectivity index (χ0) is 14.1. The second-order valence-electron chi connectivity index (χ2n) is 5.44. The standard InChI is InChI=1S/C15H20N4O/c1-2-3-6-19(10-4-5-10)14-8-13-11(7-12(14)16)15(20)18-9-17-13/h7-10H,2-6,16H2,1H3,(H,17,18,20). The van der Waals surface area contributed by atoms with E-state index in [0.29, 0.717) is 22.6 Å². The van der Waals surface area contributed by atoms with Crippen LogP contribution in [0.1, 0.15) is 32.6 Å². The van der Waals surface area contributed by atoms with Gasteiger partial charge in [0.2, 0.25) is 0 Å². The molecule has 2 aromatic rings. The fourth-order valence-electron chi connectivity index (χ4n) is 2.58. The maximum Gasteiger partial charge on any atom is 0.258 e. The lowest BCUT2D eigenvalue weighted by atomic mass is 10.1. The summed E-state index contributed by atoms with van der Waals surface area (Å²) in [5, 5.41) is 0.556. The molecule has 3 rings (SSSR count). The average molecular weight is 272 g/mol. The summed E-state index contributed by atoms with van der Waals surface area (Å²) in [6.45, 7) is 3.20. The summed E-state index contributed by atoms with van der Waals surface area (Å²) in [6, 6.07) is 4.30. The van der Waals surface area contributed by atoms with E-state index in [1.807, 2.05) is 6.07 Å². The Morgan fingerprint density at radius 3 is 2.95 bits per heavy atom. The minimum atomic E-state index is -0.139. The van der Waals surface area contributed by atoms with E-state index < -0.39 is 0 Å². The fraction of sp³-hybridized carbons (Fsp3) is 0.467. The molecule has 0 bridgehead atoms. The van der Waals surface area contributed by atoms with Crippen molar-refractivity contribution >= 4 is 22.3 Å². The Morgan fingerprint density at radius 1 is 1.45 bits per heavy atom. The molecule has 0 amide bonds. The number of nitrogens with zero attached hydrogens (tertiary/aromatic N) is 2. The van der Waals surface area contributed by atoms with Gasteiger partial charge in [-0.2, -0.15) is 0 Å². The SMILES string of the molecule is CCCCN(c1cc2nc[nH]c(=O)c2cc1N)C1CC1. The van der Waals surface area contributed by atoms with Crippen molar-refractivity contribution in [2.75, 3.05) is 17.2 Å². The van der Waals surface area contributed by atoms with Gasteiger partial charge in [-0.15, -0.1) is 0 Å². The molecule has 1 heterocycles. The molecule has 106 valence electrons. The van der Waals surface area contributed by atoms with E-state index in [1.165, 1.54) is 19.2 Å². The monoisotopic (exact) mass is 272 g/mol. The number of H-pyrrole nitrogens is 1. The first-order valence-electron chi connectivity index (χ1n) is 7.24. The minimum Gasteiger partial charge on any atom is -0.397 e. The molecule has 0 atom stereocenters. The molecule has 1 aromatic heterocycles. The van der Waals surface area contributed by atoms with Gasteiger partial charge < -0.3 is 15.6 Å². The number of rotatable bonds is 5. The summed E-state index contributed by atoms with van der Waals surface area (Å²) in [7, 11) is 0. The third kappa shape index (κ3) is 2.35. The van der Waals surface area contributed by atoms with Crippen LogP contribution in [0.2, 0.25) is 0 Å². The lowest BCUT2D eigenvalue weighted by molar-refractivity contribution is 0.714. The fourth-order valence-corrected chi connectivity index (χ4v) is 2.58. The molecular weight excluding hydrogens is 252 g/mol. The number of fused-ring (bicyclic) bond motifs is 1. The Labute approximate surface area is 117 Å². The molecule has 0 saturated heterocycles. The Balaban J connectivity index is 2.05. The van der Waals surface area contributed by atoms with Gasteiger partial charge >= 0.3 is 0 Å². The Bertz CT molecular complexity index is 675. The molecule has 20 heavy (non-hydrogen) atoms. The molecule has 0 aliphatic heterocycles. The maximum atomic E-state index is 11.8. The molecule has 1 fully saturated rings. The van der Waals surface area contributed by atoms with E-state index in [9.17, 15) is 4.79 Å². The van der Waals surface area contributed by atoms with Crippen molar-refractivity contribution < 1.29 is 0 Å². The smallest absolute Gasteiger partial charge is 0.258 e. The molecule has 1 aliphatic carbocycles. The highest BCUT2D eigenvalue weighted by Gasteiger charge is 2.30. The third-order valence-corrected chi connectivity index (χ3v) is 3.84. The second-order valence-corrected chi connectivity index (χ2v) is 5.44. The number of nitrogens with two attached hydrogens (primary N) is 1. The maximum absolute atomic E-state index is 11.8. The summed E-state index contributed by atoms with van der Waals surface area (Å²) in [5.74, 6) is 0. The zero-order valence-corrected chi connectivity index (χ0v) is 11.7. The number of nitrogen functional groups attached to an aromatic ring is 1. The molecule has 1 saturated carbocycles. The lowest BCUT2D eigenvalue weighted by Crippen LogP contribution is -2.27. The second kappa shape index (κ2) is 5.15. The van der Waals surface area contributed by atoms with Crippen LogP contribution in [0.25, 0.3) is 10.9 Å². The summed E-state index contributed by atoms with van der Waals surface area (Å²) in [5.41, 5.74) is 8.43. The van der Waals surface area contributed by atoms with Crippen LogP contribution >= 0.6 is 0 Å². The Hall–Kier alpha value is -2.04. The summed E-state index contributed by atoms with van der Waals surface area (Å²) in [6.07, 6.45) is 6.21. The van der Waals surface area contributed by atoms with Crippen molar-refractivity contribution in [3.05, 3.63) is 28.8 Å². The highest BCUT2D eigenvalue weighted by Crippen LogP contribution is 2.36. The van der Waals surface area contributed by atoms with Crippen LogP contribution in [-0.4, -0.2) is 22.6 Å². The minimum absolute atomic E-state index is 0.139. The van der Waals surface area contributed by atoms with Crippen LogP contribution in [0.15, 0.2) is 23.3 Å². The number of aromatic amines is 1. The number of unbranched alkanes of at least 4 members (excludes halogenated alkanes) is 1. The predicted octanol–water partition coefficient (Wildman–Crippen LogP) is 2.27. The summed E-state index contributed by atoms with van der Waals surface area (Å²) < 4.78 is 0. The quantitative estimate of drug-likeness (QED) is 0.819. The predicted molar refractivity (Wildman–Crippen MR) is 82.1 cm³/mol. The van der Waals surface area contributed by atoms with Crippen LogP contribution in [0, 0.1) is 0 Å². The molecule has 3 N–H and O–H groups in total. The van der Waals surface area contributed by atoms with Crippen molar-refractivity contribution in [3.63, 3.8) is 0 Å². The molecule has 5 heteroatoms. The van der Waals surface area contributed by atoms with E-state index >= 15 is 0 Å². The van der Waals surface area contributed by atoms with E-state index in [-0.39, 0.29) is 5.56 Å². The number of hydrogen-bond acceptors (Lipinski definition) is 4. The van der Waals surface area contributed by atoms with Crippen molar-refractivity contribution in [2.45, 2.75) is 38.6 Å². The lowest BCUT2D eigenvalue weighted by Gasteiger charge is -2.26. The summed E-state index contributed by atoms with van der Waals surface area (Å²) >= 11 is 0. The molecular formula is C15H20N4O. The normalized spacial score (nSPS) is 14.7. The summed E-state index contributed by atoms with van der Waals surface area (Å²) in [4.78, 5) is 21.0. The first-order chi connectivity index (χ1) is 9.70. The highest BCUT2D eigenvalue weighted by atomic mass is 16.1. The van der Waals surface area contributed by atoms with Crippen molar-refractivity contribution in [3.8, 4) is 0 Å². The molecule has 0 spiro atoms. The van der Waals surface area contributed by atoms with Gasteiger partial charge in [0.05, 0.1) is 28.6 Å². The van der Waals surface area contributed by atoms with Gasteiger partial charge in [0.15, 0.2) is 0 Å². The highest BCUT2D eigenvalue weighted by molar-refractivity contribution is 5.88. The van der Waals surface area contributed by atoms with E-state index in [1.54, 1.807) is 6.07 Å². The molecule has 5 nitrogen and oxygen atoms in total. The molecule has 0 unspecified atom stereocenters. The van der Waals surface area contributed by atoms with Gasteiger partial charge in [-0.1, -0.05) is 13.3 Å². The van der Waals surface area contributed by atoms with E-state index in [0.717, 1.165) is 25.1 Å². The first kappa shape index (κ1) is 13.0. The van der Waals surface area contributed by atoms with Gasteiger partial charge in [-0.25, -0.2) is 4.98 Å². The molecule has 1 aliphatic rings. The van der Waals surface area contributed by atoms with Crippen LogP contribution < -0.4 is 16.2 Å². The third-order valence-electron chi connectivity index (χ3n) is 3.84. The Morgan fingerprint density at radius 2 is 2.25 bits per heavy atom. The van der Waals surface area contributed by atoms with Crippen LogP contribution in [-0.2, 0) is 0 Å². The van der Waals surface area contributed by atoms with Gasteiger partial charge in [0, 0.05) is 12.6 Å². The van der Waals surface area contributed by atoms with Crippen molar-refractivity contribution in [1.29, 1.82) is 0 Å². The number of aromatic nitrogens is 2. The largest absolute Gasteiger partial charge is 0.397 e. The van der Waals surface area contributed by atoms with Crippen LogP contribution in [0.5, 0.6) is 0 Å². The van der Waals surface area contributed by atoms with Crippen LogP contribution in [0.4, 0.5) is 11.4 Å². The number of hydrogen-bond donors (Lipinski definition) is 2. The van der Waals surface area contributed by atoms with Gasteiger partial charge in [-0.05, 0) is 31.4 Å². The molecule has 0 radical (unpaired) electrons. The Kier molecular flexibility index (Phi) is 3.34. The van der Waals surface area contributed by atoms with Gasteiger partial charge in [-0.3, -0.25) is 4.79 Å². The number of anilines is 2. The van der Waals surface area contributed by atoms with Crippen LogP contribution in [0.3, 0.4) is 0 Å². The molecule has 1 aromatic carbocycles. The number of nitrogens with one attached hydrogen (secondary N) is 1. The number of benzene rings is 1. The average Bonchev–Trinajstić information content (AvgIpc) is 3.25. The van der Waals surface area contributed by atoms with Gasteiger partial charge in [0.25, 0.3) is 5.56 Å². The van der Waals surface area contributed by atoms with Crippen molar-refractivity contribution in [1.82, 2.24) is 9.97 Å². The first-order valence-corrected chi connectivity index (χ1v) is 7.24. The zero-order valence-electron chi connectivity index (χ0n) is 11.7. The van der Waals surface area contributed by atoms with E-state index in [2.05, 4.69) is 21.8 Å².